The lowest BCUT2D eigenvalue weighted by atomic mass is 9.78. The van der Waals surface area contributed by atoms with E-state index in [0.717, 1.165) is 58.4 Å². The molecule has 2 heterocycles. The first-order valence-corrected chi connectivity index (χ1v) is 12.8. The third-order valence-electron chi connectivity index (χ3n) is 7.63. The molecule has 0 N–H and O–H groups in total. The monoisotopic (exact) mass is 457 g/mol. The number of fused-ring (bicyclic) bond motifs is 2. The zero-order valence-electron chi connectivity index (χ0n) is 20.6. The largest absolute Gasteiger partial charge is 0.493 e. The second kappa shape index (κ2) is 9.69. The summed E-state index contributed by atoms with van der Waals surface area (Å²) in [6, 6.07) is 13.0. The van der Waals surface area contributed by atoms with Crippen LogP contribution in [0.2, 0.25) is 0 Å². The smallest absolute Gasteiger partial charge is 0.247 e. The third kappa shape index (κ3) is 4.38. The molecule has 4 nitrogen and oxygen atoms in total. The lowest BCUT2D eigenvalue weighted by molar-refractivity contribution is -0.132. The maximum atomic E-state index is 13.4. The van der Waals surface area contributed by atoms with Crippen LogP contribution in [0, 0.1) is 12.8 Å². The standard InChI is InChI=1S/C30H35NO3/c1-4-33-28-18-29-25(26(19-34-29)22-13-11-20(2)12-14-22)17-24(28)21(3)16-30(32)31-15-7-9-23-8-5-6-10-27(23)31/h11-14,16-19,23,27H,4-10,15H2,1-3H3/b21-16+. The molecule has 4 heteroatoms. The Morgan fingerprint density at radius 3 is 2.68 bits per heavy atom. The number of hydrogen-bond acceptors (Lipinski definition) is 3. The summed E-state index contributed by atoms with van der Waals surface area (Å²) in [6.45, 7) is 7.53. The Labute approximate surface area is 202 Å². The minimum absolute atomic E-state index is 0.141. The van der Waals surface area contributed by atoms with E-state index in [-0.39, 0.29) is 5.91 Å². The van der Waals surface area contributed by atoms with Gasteiger partial charge in [-0.3, -0.25) is 4.79 Å². The van der Waals surface area contributed by atoms with Crippen LogP contribution in [0.3, 0.4) is 0 Å². The molecule has 0 radical (unpaired) electrons. The maximum Gasteiger partial charge on any atom is 0.247 e. The fourth-order valence-corrected chi connectivity index (χ4v) is 5.84. The van der Waals surface area contributed by atoms with E-state index in [9.17, 15) is 4.79 Å². The van der Waals surface area contributed by atoms with Crippen LogP contribution in [0.25, 0.3) is 27.7 Å². The second-order valence-corrected chi connectivity index (χ2v) is 9.91. The van der Waals surface area contributed by atoms with Crippen molar-refractivity contribution in [1.29, 1.82) is 0 Å². The van der Waals surface area contributed by atoms with Crippen LogP contribution in [0.4, 0.5) is 0 Å². The number of likely N-dealkylation sites (tertiary alicyclic amines) is 1. The summed E-state index contributed by atoms with van der Waals surface area (Å²) in [6.07, 6.45) is 11.0. The van der Waals surface area contributed by atoms with Crippen LogP contribution in [0.1, 0.15) is 63.5 Å². The first kappa shape index (κ1) is 22.8. The van der Waals surface area contributed by atoms with Gasteiger partial charge in [-0.25, -0.2) is 0 Å². The SMILES string of the molecule is CCOc1cc2occ(-c3ccc(C)cc3)c2cc1/C(C)=C/C(=O)N1CCCC2CCCCC21. The predicted molar refractivity (Wildman–Crippen MR) is 138 cm³/mol. The lowest BCUT2D eigenvalue weighted by Gasteiger charge is -2.43. The number of aryl methyl sites for hydroxylation is 1. The molecule has 1 aliphatic carbocycles. The highest BCUT2D eigenvalue weighted by molar-refractivity contribution is 6.00. The number of carbonyl (C=O) groups is 1. The van der Waals surface area contributed by atoms with Crippen molar-refractivity contribution in [3.8, 4) is 16.9 Å². The Bertz CT molecular complexity index is 1200. The minimum Gasteiger partial charge on any atom is -0.493 e. The second-order valence-electron chi connectivity index (χ2n) is 9.91. The van der Waals surface area contributed by atoms with Crippen LogP contribution >= 0.6 is 0 Å². The van der Waals surface area contributed by atoms with E-state index < -0.39 is 0 Å². The summed E-state index contributed by atoms with van der Waals surface area (Å²) in [7, 11) is 0. The minimum atomic E-state index is 0.141. The number of furan rings is 1. The Morgan fingerprint density at radius 2 is 1.88 bits per heavy atom. The number of allylic oxidation sites excluding steroid dienone is 1. The number of nitrogens with zero attached hydrogens (tertiary/aromatic N) is 1. The average Bonchev–Trinajstić information content (AvgIpc) is 3.26. The van der Waals surface area contributed by atoms with Crippen molar-refractivity contribution in [1.82, 2.24) is 4.90 Å². The van der Waals surface area contributed by atoms with Gasteiger partial charge < -0.3 is 14.1 Å². The molecule has 1 amide bonds. The van der Waals surface area contributed by atoms with Gasteiger partial charge in [0.05, 0.1) is 12.9 Å². The fraction of sp³-hybridized carbons (Fsp3) is 0.433. The highest BCUT2D eigenvalue weighted by Crippen LogP contribution is 2.39. The number of amides is 1. The molecule has 0 bridgehead atoms. The van der Waals surface area contributed by atoms with E-state index in [1.807, 2.05) is 32.3 Å². The van der Waals surface area contributed by atoms with Crippen molar-refractivity contribution in [2.24, 2.45) is 5.92 Å². The number of rotatable bonds is 5. The van der Waals surface area contributed by atoms with Gasteiger partial charge in [0.2, 0.25) is 5.91 Å². The van der Waals surface area contributed by atoms with Gasteiger partial charge in [0, 0.05) is 41.2 Å². The van der Waals surface area contributed by atoms with E-state index in [2.05, 4.69) is 42.2 Å². The zero-order chi connectivity index (χ0) is 23.7. The van der Waals surface area contributed by atoms with Crippen LogP contribution in [-0.4, -0.2) is 30.0 Å². The van der Waals surface area contributed by atoms with Crippen molar-refractivity contribution < 1.29 is 13.9 Å². The highest BCUT2D eigenvalue weighted by Gasteiger charge is 2.35. The van der Waals surface area contributed by atoms with Gasteiger partial charge in [-0.2, -0.15) is 0 Å². The van der Waals surface area contributed by atoms with Crippen molar-refractivity contribution in [3.05, 3.63) is 59.9 Å². The summed E-state index contributed by atoms with van der Waals surface area (Å²) in [5, 5.41) is 1.04. The van der Waals surface area contributed by atoms with E-state index in [4.69, 9.17) is 9.15 Å². The molecular weight excluding hydrogens is 422 g/mol. The number of ether oxygens (including phenoxy) is 1. The Kier molecular flexibility index (Phi) is 6.49. The van der Waals surface area contributed by atoms with E-state index in [0.29, 0.717) is 18.6 Å². The molecule has 2 aliphatic rings. The van der Waals surface area contributed by atoms with Crippen molar-refractivity contribution in [2.45, 2.75) is 65.3 Å². The predicted octanol–water partition coefficient (Wildman–Crippen LogP) is 7.39. The number of piperidine rings is 1. The highest BCUT2D eigenvalue weighted by atomic mass is 16.5. The number of hydrogen-bond donors (Lipinski definition) is 0. The summed E-state index contributed by atoms with van der Waals surface area (Å²) in [5.74, 6) is 1.58. The first-order chi connectivity index (χ1) is 16.5. The molecule has 1 aliphatic heterocycles. The van der Waals surface area contributed by atoms with Gasteiger partial charge >= 0.3 is 0 Å². The molecule has 178 valence electrons. The third-order valence-corrected chi connectivity index (χ3v) is 7.63. The van der Waals surface area contributed by atoms with Crippen LogP contribution in [-0.2, 0) is 4.79 Å². The normalized spacial score (nSPS) is 20.9. The van der Waals surface area contributed by atoms with Gasteiger partial charge in [-0.05, 0) is 69.6 Å². The molecule has 2 unspecified atom stereocenters. The molecule has 1 aromatic heterocycles. The molecule has 1 saturated carbocycles. The Balaban J connectivity index is 1.51. The molecular formula is C30H35NO3. The number of benzene rings is 2. The summed E-state index contributed by atoms with van der Waals surface area (Å²) in [4.78, 5) is 15.6. The number of carbonyl (C=O) groups excluding carboxylic acids is 1. The van der Waals surface area contributed by atoms with E-state index >= 15 is 0 Å². The molecule has 3 aromatic rings. The summed E-state index contributed by atoms with van der Waals surface area (Å²) in [5.41, 5.74) is 6.08. The Hall–Kier alpha value is -3.01. The molecule has 5 rings (SSSR count). The average molecular weight is 458 g/mol. The summed E-state index contributed by atoms with van der Waals surface area (Å²) >= 11 is 0. The molecule has 0 spiro atoms. The fourth-order valence-electron chi connectivity index (χ4n) is 5.84. The molecule has 34 heavy (non-hydrogen) atoms. The molecule has 2 atom stereocenters. The van der Waals surface area contributed by atoms with Gasteiger partial charge in [0.1, 0.15) is 11.3 Å². The summed E-state index contributed by atoms with van der Waals surface area (Å²) < 4.78 is 11.9. The molecule has 2 aromatic carbocycles. The molecule has 1 saturated heterocycles. The molecule has 2 fully saturated rings. The van der Waals surface area contributed by atoms with Gasteiger partial charge in [-0.1, -0.05) is 42.7 Å². The lowest BCUT2D eigenvalue weighted by Crippen LogP contribution is -2.49. The van der Waals surface area contributed by atoms with Crippen molar-refractivity contribution in [2.75, 3.05) is 13.2 Å². The topological polar surface area (TPSA) is 42.7 Å². The quantitative estimate of drug-likeness (QED) is 0.375. The van der Waals surface area contributed by atoms with E-state index in [1.54, 1.807) is 0 Å². The van der Waals surface area contributed by atoms with Gasteiger partial charge in [0.25, 0.3) is 0 Å². The van der Waals surface area contributed by atoms with Gasteiger partial charge in [0.15, 0.2) is 0 Å². The van der Waals surface area contributed by atoms with Crippen LogP contribution < -0.4 is 4.74 Å². The Morgan fingerprint density at radius 1 is 1.12 bits per heavy atom. The van der Waals surface area contributed by atoms with Crippen molar-refractivity contribution in [3.63, 3.8) is 0 Å². The van der Waals surface area contributed by atoms with Gasteiger partial charge in [-0.15, -0.1) is 0 Å². The maximum absolute atomic E-state index is 13.4. The first-order valence-electron chi connectivity index (χ1n) is 12.8. The van der Waals surface area contributed by atoms with Crippen molar-refractivity contribution >= 4 is 22.4 Å². The zero-order valence-corrected chi connectivity index (χ0v) is 20.6. The van der Waals surface area contributed by atoms with Crippen LogP contribution in [0.15, 0.2) is 53.2 Å². The van der Waals surface area contributed by atoms with Crippen LogP contribution in [0.5, 0.6) is 5.75 Å². The van der Waals surface area contributed by atoms with E-state index in [1.165, 1.54) is 31.2 Å².